The molecule has 8 nitrogen and oxygen atoms in total. The number of benzene rings is 1. The molecule has 3 aliphatic heterocycles. The summed E-state index contributed by atoms with van der Waals surface area (Å²) >= 11 is 0. The van der Waals surface area contributed by atoms with E-state index in [2.05, 4.69) is 6.92 Å². The highest BCUT2D eigenvalue weighted by Gasteiger charge is 2.30. The van der Waals surface area contributed by atoms with Crippen LogP contribution < -0.4 is 4.90 Å². The van der Waals surface area contributed by atoms with Gasteiger partial charge in [0.15, 0.2) is 0 Å². The van der Waals surface area contributed by atoms with Crippen LogP contribution in [0.15, 0.2) is 23.1 Å². The van der Waals surface area contributed by atoms with Crippen molar-refractivity contribution in [3.63, 3.8) is 0 Å². The minimum atomic E-state index is -3.56. The van der Waals surface area contributed by atoms with Crippen molar-refractivity contribution in [1.29, 1.82) is 0 Å². The summed E-state index contributed by atoms with van der Waals surface area (Å²) in [6, 6.07) is 4.99. The van der Waals surface area contributed by atoms with Gasteiger partial charge in [-0.2, -0.15) is 4.31 Å². The largest absolute Gasteiger partial charge is 0.379 e. The second-order valence-corrected chi connectivity index (χ2v) is 10.6. The molecular formula is C22H31N3O5S. The lowest BCUT2D eigenvalue weighted by Crippen LogP contribution is -2.40. The summed E-state index contributed by atoms with van der Waals surface area (Å²) in [5.41, 5.74) is 1.62. The van der Waals surface area contributed by atoms with Gasteiger partial charge in [0.1, 0.15) is 0 Å². The Morgan fingerprint density at radius 2 is 1.68 bits per heavy atom. The van der Waals surface area contributed by atoms with Crippen LogP contribution in [0.1, 0.15) is 38.2 Å². The predicted octanol–water partition coefficient (Wildman–Crippen LogP) is 1.64. The molecule has 0 aliphatic carbocycles. The van der Waals surface area contributed by atoms with Crippen LogP contribution in [0, 0.1) is 5.92 Å². The van der Waals surface area contributed by atoms with Crippen molar-refractivity contribution in [3.8, 4) is 0 Å². The number of likely N-dealkylation sites (tertiary alicyclic amines) is 1. The number of piperidine rings is 1. The fourth-order valence-electron chi connectivity index (χ4n) is 4.50. The number of anilines is 1. The number of nitrogens with zero attached hydrogens (tertiary/aromatic N) is 3. The highest BCUT2D eigenvalue weighted by Crippen LogP contribution is 2.32. The van der Waals surface area contributed by atoms with Crippen LogP contribution in [0.3, 0.4) is 0 Å². The Balaban J connectivity index is 1.38. The molecule has 0 radical (unpaired) electrons. The van der Waals surface area contributed by atoms with E-state index in [0.717, 1.165) is 37.2 Å². The molecule has 3 heterocycles. The van der Waals surface area contributed by atoms with Gasteiger partial charge < -0.3 is 14.5 Å². The van der Waals surface area contributed by atoms with Gasteiger partial charge in [0, 0.05) is 51.3 Å². The summed E-state index contributed by atoms with van der Waals surface area (Å²) in [5, 5.41) is 0. The molecule has 1 aromatic rings. The zero-order valence-electron chi connectivity index (χ0n) is 18.1. The number of amides is 2. The molecule has 4 rings (SSSR count). The molecule has 2 amide bonds. The van der Waals surface area contributed by atoms with Gasteiger partial charge in [-0.15, -0.1) is 0 Å². The summed E-state index contributed by atoms with van der Waals surface area (Å²) in [4.78, 5) is 29.1. The van der Waals surface area contributed by atoms with Gasteiger partial charge in [-0.3, -0.25) is 9.59 Å². The van der Waals surface area contributed by atoms with Crippen molar-refractivity contribution < 1.29 is 22.7 Å². The first-order valence-electron chi connectivity index (χ1n) is 11.2. The van der Waals surface area contributed by atoms with Crippen LogP contribution in [-0.4, -0.2) is 75.4 Å². The molecule has 0 spiro atoms. The topological polar surface area (TPSA) is 87.2 Å². The lowest BCUT2D eigenvalue weighted by atomic mass is 9.99. The van der Waals surface area contributed by atoms with Crippen molar-refractivity contribution in [2.45, 2.75) is 43.9 Å². The van der Waals surface area contributed by atoms with Crippen molar-refractivity contribution >= 4 is 27.5 Å². The van der Waals surface area contributed by atoms with E-state index in [-0.39, 0.29) is 29.6 Å². The van der Waals surface area contributed by atoms with Crippen molar-refractivity contribution in [3.05, 3.63) is 23.8 Å². The number of carbonyl (C=O) groups excluding carboxylic acids is 2. The molecule has 0 atom stereocenters. The monoisotopic (exact) mass is 449 g/mol. The van der Waals surface area contributed by atoms with Gasteiger partial charge in [0.25, 0.3) is 0 Å². The van der Waals surface area contributed by atoms with Crippen LogP contribution in [-0.2, 0) is 30.8 Å². The van der Waals surface area contributed by atoms with Crippen molar-refractivity contribution in [2.24, 2.45) is 5.92 Å². The number of fused-ring (bicyclic) bond motifs is 1. The molecule has 0 saturated carbocycles. The van der Waals surface area contributed by atoms with Crippen LogP contribution in [0.25, 0.3) is 0 Å². The number of morpholine rings is 1. The molecule has 31 heavy (non-hydrogen) atoms. The molecule has 0 aromatic heterocycles. The smallest absolute Gasteiger partial charge is 0.243 e. The average Bonchev–Trinajstić information content (AvgIpc) is 3.22. The Hall–Kier alpha value is -1.97. The van der Waals surface area contributed by atoms with Crippen LogP contribution >= 0.6 is 0 Å². The van der Waals surface area contributed by atoms with Gasteiger partial charge in [-0.1, -0.05) is 6.92 Å². The number of sulfonamides is 1. The minimum absolute atomic E-state index is 0.0478. The third kappa shape index (κ3) is 4.78. The molecule has 3 aliphatic rings. The first-order chi connectivity index (χ1) is 14.9. The molecule has 170 valence electrons. The van der Waals surface area contributed by atoms with E-state index in [0.29, 0.717) is 45.2 Å². The molecular weight excluding hydrogens is 418 g/mol. The highest BCUT2D eigenvalue weighted by molar-refractivity contribution is 7.89. The summed E-state index contributed by atoms with van der Waals surface area (Å²) < 4.78 is 32.5. The van der Waals surface area contributed by atoms with Crippen molar-refractivity contribution in [2.75, 3.05) is 50.8 Å². The van der Waals surface area contributed by atoms with Crippen molar-refractivity contribution in [1.82, 2.24) is 9.21 Å². The summed E-state index contributed by atoms with van der Waals surface area (Å²) in [6.45, 7) is 5.80. The number of hydrogen-bond donors (Lipinski definition) is 0. The third-order valence-corrected chi connectivity index (χ3v) is 8.44. The summed E-state index contributed by atoms with van der Waals surface area (Å²) in [7, 11) is -3.56. The molecule has 2 fully saturated rings. The van der Waals surface area contributed by atoms with E-state index in [9.17, 15) is 18.0 Å². The predicted molar refractivity (Wildman–Crippen MR) is 116 cm³/mol. The molecule has 0 unspecified atom stereocenters. The maximum atomic E-state index is 12.9. The normalized spacial score (nSPS) is 20.7. The Kier molecular flexibility index (Phi) is 6.64. The molecule has 1 aromatic carbocycles. The summed E-state index contributed by atoms with van der Waals surface area (Å²) in [5.74, 6) is 0.622. The average molecular weight is 450 g/mol. The minimum Gasteiger partial charge on any atom is -0.379 e. The number of ether oxygens (including phenoxy) is 1. The SMILES string of the molecule is CC1CCN(C(=O)CCC(=O)N2CCc3cc(S(=O)(=O)N4CCOCC4)ccc32)CC1. The number of carbonyl (C=O) groups is 2. The molecule has 0 bridgehead atoms. The first-order valence-corrected chi connectivity index (χ1v) is 12.6. The maximum absolute atomic E-state index is 12.9. The second kappa shape index (κ2) is 9.26. The van der Waals surface area contributed by atoms with Gasteiger partial charge in [-0.05, 0) is 48.9 Å². The molecule has 2 saturated heterocycles. The number of rotatable bonds is 5. The fourth-order valence-corrected chi connectivity index (χ4v) is 5.96. The quantitative estimate of drug-likeness (QED) is 0.682. The Morgan fingerprint density at radius 1 is 1.00 bits per heavy atom. The summed E-state index contributed by atoms with van der Waals surface area (Å²) in [6.07, 6.45) is 3.07. The fraction of sp³-hybridized carbons (Fsp3) is 0.636. The lowest BCUT2D eigenvalue weighted by Gasteiger charge is -2.30. The number of hydrogen-bond acceptors (Lipinski definition) is 5. The molecule has 9 heteroatoms. The lowest BCUT2D eigenvalue weighted by molar-refractivity contribution is -0.134. The zero-order chi connectivity index (χ0) is 22.0. The van der Waals surface area contributed by atoms with E-state index in [1.54, 1.807) is 23.1 Å². The zero-order valence-corrected chi connectivity index (χ0v) is 18.9. The van der Waals surface area contributed by atoms with Gasteiger partial charge in [0.05, 0.1) is 18.1 Å². The van der Waals surface area contributed by atoms with E-state index < -0.39 is 10.0 Å². The third-order valence-electron chi connectivity index (χ3n) is 6.54. The first kappa shape index (κ1) is 22.2. The van der Waals surface area contributed by atoms with E-state index in [1.165, 1.54) is 4.31 Å². The van der Waals surface area contributed by atoms with Gasteiger partial charge in [-0.25, -0.2) is 8.42 Å². The maximum Gasteiger partial charge on any atom is 0.243 e. The van der Waals surface area contributed by atoms with E-state index >= 15 is 0 Å². The second-order valence-electron chi connectivity index (χ2n) is 8.67. The van der Waals surface area contributed by atoms with Gasteiger partial charge in [0.2, 0.25) is 21.8 Å². The van der Waals surface area contributed by atoms with Crippen LogP contribution in [0.5, 0.6) is 0 Å². The van der Waals surface area contributed by atoms with Crippen LogP contribution in [0.4, 0.5) is 5.69 Å². The van der Waals surface area contributed by atoms with E-state index in [4.69, 9.17) is 4.74 Å². The molecule has 0 N–H and O–H groups in total. The Bertz CT molecular complexity index is 934. The highest BCUT2D eigenvalue weighted by atomic mass is 32.2. The van der Waals surface area contributed by atoms with Gasteiger partial charge >= 0.3 is 0 Å². The van der Waals surface area contributed by atoms with Crippen LogP contribution in [0.2, 0.25) is 0 Å². The Morgan fingerprint density at radius 3 is 2.39 bits per heavy atom. The standard InChI is InChI=1S/C22H31N3O5S/c1-17-6-9-23(10-7-17)21(26)4-5-22(27)25-11-8-18-16-19(2-3-20(18)25)31(28,29)24-12-14-30-15-13-24/h2-3,16-17H,4-15H2,1H3. The van der Waals surface area contributed by atoms with E-state index in [1.807, 2.05) is 4.90 Å². The Labute approximate surface area is 184 Å².